The van der Waals surface area contributed by atoms with Crippen LogP contribution in [0.25, 0.3) is 0 Å². The molecule has 0 aliphatic carbocycles. The van der Waals surface area contributed by atoms with Crippen LogP contribution in [0.3, 0.4) is 0 Å². The molecule has 2 heterocycles. The van der Waals surface area contributed by atoms with Crippen molar-refractivity contribution in [2.24, 2.45) is 0 Å². The van der Waals surface area contributed by atoms with E-state index in [0.717, 1.165) is 23.9 Å². The lowest BCUT2D eigenvalue weighted by Crippen LogP contribution is -2.47. The predicted octanol–water partition coefficient (Wildman–Crippen LogP) is 3.68. The summed E-state index contributed by atoms with van der Waals surface area (Å²) in [5, 5.41) is 3.58. The summed E-state index contributed by atoms with van der Waals surface area (Å²) in [6, 6.07) is 16.0. The van der Waals surface area contributed by atoms with Gasteiger partial charge >= 0.3 is 0 Å². The van der Waals surface area contributed by atoms with Gasteiger partial charge in [-0.3, -0.25) is 4.79 Å². The van der Waals surface area contributed by atoms with E-state index in [1.54, 1.807) is 31.4 Å². The minimum Gasteiger partial charge on any atom is -0.495 e. The minimum absolute atomic E-state index is 0.141. The molecule has 1 N–H and O–H groups in total. The van der Waals surface area contributed by atoms with Crippen molar-refractivity contribution in [3.63, 3.8) is 0 Å². The molecule has 9 heteroatoms. The van der Waals surface area contributed by atoms with E-state index in [9.17, 15) is 9.18 Å². The van der Waals surface area contributed by atoms with Gasteiger partial charge in [0.05, 0.1) is 24.2 Å². The van der Waals surface area contributed by atoms with Crippen LogP contribution in [-0.2, 0) is 4.79 Å². The number of nitrogens with one attached hydrogen (secondary N) is 1. The summed E-state index contributed by atoms with van der Waals surface area (Å²) in [5.74, 6) is 1.30. The van der Waals surface area contributed by atoms with E-state index in [0.29, 0.717) is 30.2 Å². The Hall–Kier alpha value is -3.33. The van der Waals surface area contributed by atoms with Gasteiger partial charge in [-0.25, -0.2) is 14.4 Å². The summed E-state index contributed by atoms with van der Waals surface area (Å²) in [7, 11) is 1.57. The summed E-state index contributed by atoms with van der Waals surface area (Å²) in [6.07, 6.45) is 1.51. The third kappa shape index (κ3) is 5.28. The molecular weight excluding hydrogens is 429 g/mol. The first kappa shape index (κ1) is 21.9. The number of halogens is 1. The number of anilines is 3. The van der Waals surface area contributed by atoms with E-state index in [2.05, 4.69) is 20.2 Å². The van der Waals surface area contributed by atoms with Crippen LogP contribution < -0.4 is 19.9 Å². The van der Waals surface area contributed by atoms with Crippen molar-refractivity contribution in [3.05, 3.63) is 66.7 Å². The Kier molecular flexibility index (Phi) is 7.06. The molecule has 1 aliphatic rings. The molecule has 1 aliphatic heterocycles. The van der Waals surface area contributed by atoms with Crippen molar-refractivity contribution in [3.8, 4) is 5.75 Å². The zero-order chi connectivity index (χ0) is 22.3. The van der Waals surface area contributed by atoms with E-state index in [-0.39, 0.29) is 17.5 Å². The van der Waals surface area contributed by atoms with Gasteiger partial charge < -0.3 is 19.9 Å². The molecule has 0 saturated carbocycles. The van der Waals surface area contributed by atoms with Gasteiger partial charge in [-0.2, -0.15) is 0 Å². The maximum atomic E-state index is 14.1. The van der Waals surface area contributed by atoms with Crippen LogP contribution >= 0.6 is 11.8 Å². The molecule has 1 fully saturated rings. The molecular formula is C23H24FN5O2S. The van der Waals surface area contributed by atoms with Crippen molar-refractivity contribution >= 4 is 34.9 Å². The number of aromatic nitrogens is 2. The maximum Gasteiger partial charge on any atom is 0.234 e. The molecule has 1 aromatic heterocycles. The average molecular weight is 454 g/mol. The normalized spacial score (nSPS) is 13.7. The van der Waals surface area contributed by atoms with Crippen LogP contribution in [-0.4, -0.2) is 54.9 Å². The van der Waals surface area contributed by atoms with Crippen molar-refractivity contribution in [2.75, 3.05) is 54.2 Å². The highest BCUT2D eigenvalue weighted by Crippen LogP contribution is 2.26. The third-order valence-corrected chi connectivity index (χ3v) is 6.08. The number of thioether (sulfide) groups is 1. The molecule has 7 nitrogen and oxygen atoms in total. The third-order valence-electron chi connectivity index (χ3n) is 5.16. The van der Waals surface area contributed by atoms with E-state index >= 15 is 0 Å². The summed E-state index contributed by atoms with van der Waals surface area (Å²) in [5.41, 5.74) is 1.27. The van der Waals surface area contributed by atoms with Gasteiger partial charge in [0.15, 0.2) is 0 Å². The Labute approximate surface area is 190 Å². The van der Waals surface area contributed by atoms with Crippen LogP contribution in [0.5, 0.6) is 5.75 Å². The van der Waals surface area contributed by atoms with Crippen LogP contribution in [0.4, 0.5) is 21.6 Å². The fraction of sp³-hybridized carbons (Fsp3) is 0.261. The topological polar surface area (TPSA) is 70.6 Å². The number of methoxy groups -OCH3 is 1. The number of ether oxygens (including phenoxy) is 1. The first-order chi connectivity index (χ1) is 15.6. The highest BCUT2D eigenvalue weighted by molar-refractivity contribution is 7.99. The summed E-state index contributed by atoms with van der Waals surface area (Å²) in [4.78, 5) is 25.2. The Bertz CT molecular complexity index is 1080. The van der Waals surface area contributed by atoms with Crippen molar-refractivity contribution in [2.45, 2.75) is 5.03 Å². The minimum atomic E-state index is -0.201. The molecule has 3 aromatic rings. The molecule has 1 amide bonds. The van der Waals surface area contributed by atoms with E-state index in [1.165, 1.54) is 24.2 Å². The molecule has 2 aromatic carbocycles. The second-order valence-electron chi connectivity index (χ2n) is 7.18. The molecule has 166 valence electrons. The lowest BCUT2D eigenvalue weighted by atomic mass is 10.2. The van der Waals surface area contributed by atoms with Gasteiger partial charge in [-0.1, -0.05) is 36.0 Å². The number of hydrogen-bond acceptors (Lipinski definition) is 7. The van der Waals surface area contributed by atoms with Gasteiger partial charge in [-0.05, 0) is 24.3 Å². The van der Waals surface area contributed by atoms with Gasteiger partial charge in [0.25, 0.3) is 0 Å². The molecule has 0 spiro atoms. The highest BCUT2D eigenvalue weighted by atomic mass is 32.2. The highest BCUT2D eigenvalue weighted by Gasteiger charge is 2.20. The van der Waals surface area contributed by atoms with Gasteiger partial charge in [0.1, 0.15) is 28.7 Å². The van der Waals surface area contributed by atoms with E-state index < -0.39 is 0 Å². The molecule has 0 radical (unpaired) electrons. The number of hydrogen-bond donors (Lipinski definition) is 1. The number of carbonyl (C=O) groups excluding carboxylic acids is 1. The second kappa shape index (κ2) is 10.3. The standard InChI is InChI=1S/C23H24FN5O2S/c1-31-20-9-5-3-7-18(20)27-22(30)15-32-23-14-21(25-16-26-23)29-12-10-28(11-13-29)19-8-4-2-6-17(19)24/h2-9,14,16H,10-13,15H2,1H3,(H,27,30). The van der Waals surface area contributed by atoms with Crippen molar-refractivity contribution in [1.29, 1.82) is 0 Å². The number of carbonyl (C=O) groups is 1. The fourth-order valence-corrected chi connectivity index (χ4v) is 4.20. The molecule has 32 heavy (non-hydrogen) atoms. The number of piperazine rings is 1. The lowest BCUT2D eigenvalue weighted by Gasteiger charge is -2.36. The van der Waals surface area contributed by atoms with Crippen LogP contribution in [0, 0.1) is 5.82 Å². The van der Waals surface area contributed by atoms with Crippen molar-refractivity contribution < 1.29 is 13.9 Å². The number of para-hydroxylation sites is 3. The summed E-state index contributed by atoms with van der Waals surface area (Å²) in [6.45, 7) is 2.86. The first-order valence-electron chi connectivity index (χ1n) is 10.3. The number of amides is 1. The van der Waals surface area contributed by atoms with Gasteiger partial charge in [0.2, 0.25) is 5.91 Å². The Morgan fingerprint density at radius 3 is 2.56 bits per heavy atom. The van der Waals surface area contributed by atoms with Crippen LogP contribution in [0.1, 0.15) is 0 Å². The Morgan fingerprint density at radius 1 is 1.06 bits per heavy atom. The summed E-state index contributed by atoms with van der Waals surface area (Å²) >= 11 is 1.35. The quantitative estimate of drug-likeness (QED) is 0.432. The maximum absolute atomic E-state index is 14.1. The molecule has 1 saturated heterocycles. The Balaban J connectivity index is 1.32. The van der Waals surface area contributed by atoms with Gasteiger partial charge in [-0.15, -0.1) is 0 Å². The lowest BCUT2D eigenvalue weighted by molar-refractivity contribution is -0.113. The van der Waals surface area contributed by atoms with Crippen LogP contribution in [0.15, 0.2) is 66.0 Å². The monoisotopic (exact) mass is 453 g/mol. The fourth-order valence-electron chi connectivity index (χ4n) is 3.54. The zero-order valence-electron chi connectivity index (χ0n) is 17.7. The average Bonchev–Trinajstić information content (AvgIpc) is 2.84. The first-order valence-corrected chi connectivity index (χ1v) is 11.2. The molecule has 4 rings (SSSR count). The number of nitrogens with zero attached hydrogens (tertiary/aromatic N) is 4. The zero-order valence-corrected chi connectivity index (χ0v) is 18.5. The number of benzene rings is 2. The van der Waals surface area contributed by atoms with Crippen LogP contribution in [0.2, 0.25) is 0 Å². The van der Waals surface area contributed by atoms with E-state index in [1.807, 2.05) is 29.2 Å². The van der Waals surface area contributed by atoms with Gasteiger partial charge in [0, 0.05) is 32.2 Å². The summed E-state index contributed by atoms with van der Waals surface area (Å²) < 4.78 is 19.3. The molecule has 0 atom stereocenters. The smallest absolute Gasteiger partial charge is 0.234 e. The molecule has 0 unspecified atom stereocenters. The second-order valence-corrected chi connectivity index (χ2v) is 8.17. The Morgan fingerprint density at radius 2 is 1.78 bits per heavy atom. The van der Waals surface area contributed by atoms with E-state index in [4.69, 9.17) is 4.74 Å². The molecule has 0 bridgehead atoms. The number of rotatable bonds is 7. The SMILES string of the molecule is COc1ccccc1NC(=O)CSc1cc(N2CCN(c3ccccc3F)CC2)ncn1. The largest absolute Gasteiger partial charge is 0.495 e. The predicted molar refractivity (Wildman–Crippen MR) is 125 cm³/mol. The van der Waals surface area contributed by atoms with Crippen molar-refractivity contribution in [1.82, 2.24) is 9.97 Å².